The molecule has 2 aromatic carbocycles. The lowest BCUT2D eigenvalue weighted by Gasteiger charge is -2.26. The van der Waals surface area contributed by atoms with Crippen LogP contribution in [0.2, 0.25) is 0 Å². The van der Waals surface area contributed by atoms with Gasteiger partial charge in [-0.1, -0.05) is 42.0 Å². The first-order valence-electron chi connectivity index (χ1n) is 9.75. The van der Waals surface area contributed by atoms with Gasteiger partial charge in [0.15, 0.2) is 17.6 Å². The second kappa shape index (κ2) is 8.00. The molecule has 0 radical (unpaired) electrons. The number of aromatic hydroxyl groups is 1. The molecule has 1 atom stereocenters. The molecular formula is C24H20N2O5. The van der Waals surface area contributed by atoms with Gasteiger partial charge in [-0.15, -0.1) is 0 Å². The number of hydrogen-bond donors (Lipinski definition) is 1. The Hall–Kier alpha value is -4.05. The number of para-hydroxylation sites is 2. The summed E-state index contributed by atoms with van der Waals surface area (Å²) in [5, 5.41) is 20.5. The van der Waals surface area contributed by atoms with Crippen LogP contribution in [-0.4, -0.2) is 28.2 Å². The maximum Gasteiger partial charge on any atom is 0.271 e. The number of aryl methyl sites for hydroxylation is 1. The fourth-order valence-electron chi connectivity index (χ4n) is 3.58. The quantitative estimate of drug-likeness (QED) is 0.656. The summed E-state index contributed by atoms with van der Waals surface area (Å²) in [6.45, 7) is 3.38. The van der Waals surface area contributed by atoms with Gasteiger partial charge < -0.3 is 14.6 Å². The van der Waals surface area contributed by atoms with Crippen molar-refractivity contribution in [2.75, 3.05) is 6.61 Å². The van der Waals surface area contributed by atoms with Crippen LogP contribution in [0.4, 0.5) is 0 Å². The number of ether oxygens (including phenoxy) is 2. The monoisotopic (exact) mass is 416 g/mol. The van der Waals surface area contributed by atoms with Gasteiger partial charge in [0.2, 0.25) is 11.7 Å². The molecule has 31 heavy (non-hydrogen) atoms. The fraction of sp³-hybridized carbons (Fsp3) is 0.208. The van der Waals surface area contributed by atoms with Gasteiger partial charge in [-0.25, -0.2) is 0 Å². The minimum Gasteiger partial charge on any atom is -0.494 e. The Labute approximate surface area is 178 Å². The second-order valence-electron chi connectivity index (χ2n) is 7.42. The number of ketones is 1. The predicted octanol–water partition coefficient (Wildman–Crippen LogP) is 3.11. The molecular weight excluding hydrogens is 396 g/mol. The molecule has 0 fully saturated rings. The van der Waals surface area contributed by atoms with E-state index in [9.17, 15) is 20.0 Å². The topological polar surface area (TPSA) is 102 Å². The van der Waals surface area contributed by atoms with Gasteiger partial charge in [0.1, 0.15) is 18.2 Å². The van der Waals surface area contributed by atoms with Crippen LogP contribution in [0.1, 0.15) is 32.6 Å². The largest absolute Gasteiger partial charge is 0.494 e. The Morgan fingerprint density at radius 1 is 1.16 bits per heavy atom. The molecule has 7 heteroatoms. The molecule has 4 rings (SSSR count). The Balaban J connectivity index is 1.77. The fourth-order valence-corrected chi connectivity index (χ4v) is 3.58. The van der Waals surface area contributed by atoms with Crippen LogP contribution in [0.25, 0.3) is 0 Å². The number of hydrogen-bond acceptors (Lipinski definition) is 6. The maximum atomic E-state index is 13.3. The molecule has 1 aromatic heterocycles. The Bertz CT molecular complexity index is 1270. The van der Waals surface area contributed by atoms with Gasteiger partial charge in [0.05, 0.1) is 12.1 Å². The summed E-state index contributed by atoms with van der Waals surface area (Å²) in [5.41, 5.74) is 0.966. The minimum atomic E-state index is -1.02. The number of carbonyl (C=O) groups is 1. The number of carbonyl (C=O) groups excluding carboxylic acids is 1. The number of nitrogens with zero attached hydrogens (tertiary/aromatic N) is 2. The Morgan fingerprint density at radius 3 is 2.52 bits per heavy atom. The van der Waals surface area contributed by atoms with Crippen molar-refractivity contribution in [2.45, 2.75) is 26.5 Å². The highest BCUT2D eigenvalue weighted by Crippen LogP contribution is 2.33. The minimum absolute atomic E-state index is 0.0189. The van der Waals surface area contributed by atoms with E-state index in [1.54, 1.807) is 24.3 Å². The van der Waals surface area contributed by atoms with Crippen molar-refractivity contribution in [2.24, 2.45) is 0 Å². The van der Waals surface area contributed by atoms with Gasteiger partial charge in [-0.2, -0.15) is 5.26 Å². The smallest absolute Gasteiger partial charge is 0.271 e. The van der Waals surface area contributed by atoms with Crippen molar-refractivity contribution in [3.05, 3.63) is 86.7 Å². The molecule has 7 nitrogen and oxygen atoms in total. The Kier molecular flexibility index (Phi) is 5.22. The number of nitriles is 1. The third kappa shape index (κ3) is 3.64. The van der Waals surface area contributed by atoms with E-state index < -0.39 is 23.3 Å². The summed E-state index contributed by atoms with van der Waals surface area (Å²) in [6, 6.07) is 16.2. The first-order chi connectivity index (χ1) is 14.9. The number of fused-ring (bicyclic) bond motifs is 1. The lowest BCUT2D eigenvalue weighted by Crippen LogP contribution is -2.38. The third-order valence-electron chi connectivity index (χ3n) is 5.31. The normalized spacial score (nSPS) is 14.7. The van der Waals surface area contributed by atoms with Crippen LogP contribution in [0.3, 0.4) is 0 Å². The first-order valence-corrected chi connectivity index (χ1v) is 9.75. The van der Waals surface area contributed by atoms with E-state index in [0.29, 0.717) is 11.5 Å². The van der Waals surface area contributed by atoms with Gasteiger partial charge >= 0.3 is 0 Å². The summed E-state index contributed by atoms with van der Waals surface area (Å²) in [7, 11) is 0. The number of pyridine rings is 1. The van der Waals surface area contributed by atoms with Gasteiger partial charge in [-0.05, 0) is 37.1 Å². The first kappa shape index (κ1) is 20.2. The van der Waals surface area contributed by atoms with Crippen molar-refractivity contribution in [3.8, 4) is 23.4 Å². The molecule has 156 valence electrons. The highest BCUT2D eigenvalue weighted by Gasteiger charge is 2.33. The number of benzene rings is 2. The lowest BCUT2D eigenvalue weighted by atomic mass is 9.98. The van der Waals surface area contributed by atoms with Crippen molar-refractivity contribution in [1.82, 2.24) is 4.57 Å². The SMILES string of the molecule is Cc1ccc(Cn2c(O)c(C(=O)C3COc4ccccc4O3)c(C)c(C#N)c2=O)cc1. The number of rotatable bonds is 4. The van der Waals surface area contributed by atoms with Crippen LogP contribution >= 0.6 is 0 Å². The highest BCUT2D eigenvalue weighted by molar-refractivity contribution is 6.03. The van der Waals surface area contributed by atoms with Gasteiger partial charge in [-0.3, -0.25) is 14.2 Å². The van der Waals surface area contributed by atoms with E-state index in [1.165, 1.54) is 6.92 Å². The number of aromatic nitrogens is 1. The molecule has 1 unspecified atom stereocenters. The van der Waals surface area contributed by atoms with E-state index in [0.717, 1.165) is 15.7 Å². The Morgan fingerprint density at radius 2 is 1.84 bits per heavy atom. The molecule has 0 aliphatic carbocycles. The van der Waals surface area contributed by atoms with Crippen molar-refractivity contribution in [3.63, 3.8) is 0 Å². The van der Waals surface area contributed by atoms with E-state index in [1.807, 2.05) is 37.3 Å². The number of Topliss-reactive ketones (excluding diaryl/α,β-unsaturated/α-hetero) is 1. The van der Waals surface area contributed by atoms with E-state index >= 15 is 0 Å². The molecule has 1 aliphatic rings. The van der Waals surface area contributed by atoms with Crippen molar-refractivity contribution >= 4 is 5.78 Å². The average Bonchev–Trinajstić information content (AvgIpc) is 2.78. The van der Waals surface area contributed by atoms with Gasteiger partial charge in [0.25, 0.3) is 5.56 Å². The van der Waals surface area contributed by atoms with Crippen LogP contribution in [-0.2, 0) is 6.54 Å². The molecule has 0 amide bonds. The predicted molar refractivity (Wildman–Crippen MR) is 113 cm³/mol. The zero-order chi connectivity index (χ0) is 22.1. The molecule has 0 saturated carbocycles. The highest BCUT2D eigenvalue weighted by atomic mass is 16.6. The molecule has 0 spiro atoms. The molecule has 2 heterocycles. The summed E-state index contributed by atoms with van der Waals surface area (Å²) in [6.07, 6.45) is -1.02. The summed E-state index contributed by atoms with van der Waals surface area (Å²) >= 11 is 0. The molecule has 1 N–H and O–H groups in total. The summed E-state index contributed by atoms with van der Waals surface area (Å²) in [4.78, 5) is 26.1. The van der Waals surface area contributed by atoms with Crippen LogP contribution < -0.4 is 15.0 Å². The van der Waals surface area contributed by atoms with Crippen molar-refractivity contribution < 1.29 is 19.4 Å². The standard InChI is InChI=1S/C24H20N2O5/c1-14-7-9-16(10-8-14)12-26-23(28)17(11-25)15(2)21(24(26)29)22(27)20-13-30-18-5-3-4-6-19(18)31-20/h3-10,20,29H,12-13H2,1-2H3. The second-order valence-corrected chi connectivity index (χ2v) is 7.42. The summed E-state index contributed by atoms with van der Waals surface area (Å²) in [5.74, 6) is -0.111. The molecule has 0 saturated heterocycles. The molecule has 0 bridgehead atoms. The lowest BCUT2D eigenvalue weighted by molar-refractivity contribution is 0.0581. The zero-order valence-corrected chi connectivity index (χ0v) is 17.1. The zero-order valence-electron chi connectivity index (χ0n) is 17.1. The van der Waals surface area contributed by atoms with Crippen LogP contribution in [0.5, 0.6) is 17.4 Å². The van der Waals surface area contributed by atoms with E-state index in [-0.39, 0.29) is 29.8 Å². The van der Waals surface area contributed by atoms with Crippen LogP contribution in [0.15, 0.2) is 53.3 Å². The summed E-state index contributed by atoms with van der Waals surface area (Å²) < 4.78 is 12.4. The van der Waals surface area contributed by atoms with Crippen LogP contribution in [0, 0.1) is 25.2 Å². The van der Waals surface area contributed by atoms with E-state index in [4.69, 9.17) is 9.47 Å². The third-order valence-corrected chi connectivity index (χ3v) is 5.31. The molecule has 1 aliphatic heterocycles. The van der Waals surface area contributed by atoms with Gasteiger partial charge in [0, 0.05) is 0 Å². The average molecular weight is 416 g/mol. The maximum absolute atomic E-state index is 13.3. The van der Waals surface area contributed by atoms with Crippen molar-refractivity contribution in [1.29, 1.82) is 5.26 Å². The van der Waals surface area contributed by atoms with E-state index in [2.05, 4.69) is 0 Å². The molecule has 3 aromatic rings.